The van der Waals surface area contributed by atoms with Crippen molar-refractivity contribution < 1.29 is 18.7 Å². The van der Waals surface area contributed by atoms with Gasteiger partial charge in [-0.2, -0.15) is 0 Å². The van der Waals surface area contributed by atoms with E-state index in [1.807, 2.05) is 23.1 Å². The summed E-state index contributed by atoms with van der Waals surface area (Å²) in [6.07, 6.45) is 7.48. The number of aromatic nitrogens is 2. The highest BCUT2D eigenvalue weighted by atomic mass is 16.5. The van der Waals surface area contributed by atoms with Crippen LogP contribution in [-0.2, 0) is 16.1 Å². The van der Waals surface area contributed by atoms with Crippen molar-refractivity contribution >= 4 is 5.91 Å². The van der Waals surface area contributed by atoms with Crippen LogP contribution in [0.15, 0.2) is 41.5 Å². The monoisotopic (exact) mass is 357 g/mol. The van der Waals surface area contributed by atoms with Gasteiger partial charge in [0.05, 0.1) is 31.6 Å². The summed E-state index contributed by atoms with van der Waals surface area (Å²) >= 11 is 0. The Bertz CT molecular complexity index is 712. The molecule has 1 atom stereocenters. The smallest absolute Gasteiger partial charge is 0.275 e. The first-order valence-electron chi connectivity index (χ1n) is 9.01. The summed E-state index contributed by atoms with van der Waals surface area (Å²) in [5.74, 6) is -0.0530. The first kappa shape index (κ1) is 17.2. The number of pyridine rings is 1. The number of hydrogen-bond acceptors (Lipinski definition) is 6. The fraction of sp³-hybridized carbons (Fsp3) is 0.526. The summed E-state index contributed by atoms with van der Waals surface area (Å²) in [5.41, 5.74) is 1.48. The number of rotatable bonds is 5. The predicted octanol–water partition coefficient (Wildman–Crippen LogP) is 2.30. The maximum atomic E-state index is 12.4. The van der Waals surface area contributed by atoms with E-state index < -0.39 is 0 Å². The molecule has 1 unspecified atom stereocenters. The lowest BCUT2D eigenvalue weighted by atomic mass is 9.76. The normalized spacial score (nSPS) is 22.0. The van der Waals surface area contributed by atoms with Crippen molar-refractivity contribution in [3.05, 3.63) is 48.4 Å². The Morgan fingerprint density at radius 1 is 1.31 bits per heavy atom. The van der Waals surface area contributed by atoms with Crippen LogP contribution in [0.4, 0.5) is 0 Å². The highest BCUT2D eigenvalue weighted by molar-refractivity contribution is 5.91. The van der Waals surface area contributed by atoms with E-state index in [0.717, 1.165) is 44.7 Å². The third-order valence-electron chi connectivity index (χ3n) is 5.33. The summed E-state index contributed by atoms with van der Waals surface area (Å²) in [5, 5.41) is 0. The molecule has 4 heterocycles. The fourth-order valence-corrected chi connectivity index (χ4v) is 3.79. The fourth-order valence-electron chi connectivity index (χ4n) is 3.79. The number of oxazole rings is 1. The van der Waals surface area contributed by atoms with Gasteiger partial charge in [0.2, 0.25) is 0 Å². The molecule has 2 aliphatic heterocycles. The number of ether oxygens (including phenoxy) is 2. The Hall–Kier alpha value is -2.25. The first-order chi connectivity index (χ1) is 12.7. The number of carbonyl (C=O) groups excluding carboxylic acids is 1. The van der Waals surface area contributed by atoms with Crippen molar-refractivity contribution in [2.75, 3.05) is 26.3 Å². The zero-order chi connectivity index (χ0) is 17.8. The average Bonchev–Trinajstić information content (AvgIpc) is 3.34. The predicted molar refractivity (Wildman–Crippen MR) is 92.3 cm³/mol. The van der Waals surface area contributed by atoms with Gasteiger partial charge in [-0.3, -0.25) is 9.78 Å². The zero-order valence-corrected chi connectivity index (χ0v) is 14.7. The summed E-state index contributed by atoms with van der Waals surface area (Å²) in [6.45, 7) is 3.30. The highest BCUT2D eigenvalue weighted by Crippen LogP contribution is 2.42. The molecule has 0 aromatic carbocycles. The van der Waals surface area contributed by atoms with Gasteiger partial charge in [-0.1, -0.05) is 6.07 Å². The molecule has 0 bridgehead atoms. The number of carbonyl (C=O) groups is 1. The minimum atomic E-state index is -0.0530. The third kappa shape index (κ3) is 3.78. The molecule has 26 heavy (non-hydrogen) atoms. The van der Waals surface area contributed by atoms with E-state index in [9.17, 15) is 4.79 Å². The van der Waals surface area contributed by atoms with Gasteiger partial charge in [-0.25, -0.2) is 4.98 Å². The van der Waals surface area contributed by atoms with Gasteiger partial charge in [0.15, 0.2) is 12.1 Å². The third-order valence-corrected chi connectivity index (χ3v) is 5.33. The van der Waals surface area contributed by atoms with E-state index in [4.69, 9.17) is 13.9 Å². The number of hydrogen-bond donors (Lipinski definition) is 0. The number of amides is 1. The molecule has 7 heteroatoms. The van der Waals surface area contributed by atoms with Crippen LogP contribution in [0.2, 0.25) is 0 Å². The molecule has 2 aromatic heterocycles. The maximum absolute atomic E-state index is 12.4. The lowest BCUT2D eigenvalue weighted by Crippen LogP contribution is -2.43. The Labute approximate surface area is 152 Å². The second-order valence-electron chi connectivity index (χ2n) is 7.14. The second-order valence-corrected chi connectivity index (χ2v) is 7.14. The van der Waals surface area contributed by atoms with E-state index >= 15 is 0 Å². The SMILES string of the molecule is O=C(c1cocn1)N1CCC2(CC1)COC(COCc1ccccn1)C2. The summed E-state index contributed by atoms with van der Waals surface area (Å²) in [4.78, 5) is 22.4. The van der Waals surface area contributed by atoms with Crippen LogP contribution in [-0.4, -0.2) is 53.2 Å². The maximum Gasteiger partial charge on any atom is 0.275 e. The van der Waals surface area contributed by atoms with Gasteiger partial charge >= 0.3 is 0 Å². The van der Waals surface area contributed by atoms with Crippen LogP contribution in [0.25, 0.3) is 0 Å². The van der Waals surface area contributed by atoms with E-state index in [0.29, 0.717) is 18.9 Å². The van der Waals surface area contributed by atoms with Crippen molar-refractivity contribution in [2.45, 2.75) is 32.0 Å². The van der Waals surface area contributed by atoms with E-state index in [-0.39, 0.29) is 17.4 Å². The van der Waals surface area contributed by atoms with E-state index in [1.165, 1.54) is 12.7 Å². The van der Waals surface area contributed by atoms with Crippen molar-refractivity contribution in [3.8, 4) is 0 Å². The first-order valence-corrected chi connectivity index (χ1v) is 9.01. The van der Waals surface area contributed by atoms with Crippen LogP contribution >= 0.6 is 0 Å². The van der Waals surface area contributed by atoms with Crippen LogP contribution in [0.3, 0.4) is 0 Å². The Balaban J connectivity index is 1.23. The van der Waals surface area contributed by atoms with Crippen LogP contribution in [0.1, 0.15) is 35.4 Å². The Morgan fingerprint density at radius 3 is 2.92 bits per heavy atom. The molecule has 0 N–H and O–H groups in total. The van der Waals surface area contributed by atoms with Gasteiger partial charge in [-0.05, 0) is 36.8 Å². The lowest BCUT2D eigenvalue weighted by Gasteiger charge is -2.38. The number of likely N-dealkylation sites (tertiary alicyclic amines) is 1. The topological polar surface area (TPSA) is 77.7 Å². The lowest BCUT2D eigenvalue weighted by molar-refractivity contribution is 0.00574. The molecule has 2 aromatic rings. The highest BCUT2D eigenvalue weighted by Gasteiger charge is 2.43. The summed E-state index contributed by atoms with van der Waals surface area (Å²) in [6, 6.07) is 5.81. The van der Waals surface area contributed by atoms with E-state index in [2.05, 4.69) is 9.97 Å². The zero-order valence-electron chi connectivity index (χ0n) is 14.7. The quantitative estimate of drug-likeness (QED) is 0.817. The van der Waals surface area contributed by atoms with Crippen molar-refractivity contribution in [2.24, 2.45) is 5.41 Å². The van der Waals surface area contributed by atoms with Gasteiger partial charge < -0.3 is 18.8 Å². The molecule has 1 spiro atoms. The van der Waals surface area contributed by atoms with Crippen molar-refractivity contribution in [1.82, 2.24) is 14.9 Å². The molecule has 0 saturated carbocycles. The molecule has 0 radical (unpaired) electrons. The van der Waals surface area contributed by atoms with Crippen LogP contribution < -0.4 is 0 Å². The van der Waals surface area contributed by atoms with Crippen LogP contribution in [0.5, 0.6) is 0 Å². The van der Waals surface area contributed by atoms with Crippen molar-refractivity contribution in [1.29, 1.82) is 0 Å². The van der Waals surface area contributed by atoms with Crippen molar-refractivity contribution in [3.63, 3.8) is 0 Å². The van der Waals surface area contributed by atoms with Crippen LogP contribution in [0, 0.1) is 5.41 Å². The van der Waals surface area contributed by atoms with Gasteiger partial charge in [0.1, 0.15) is 6.26 Å². The summed E-state index contributed by atoms with van der Waals surface area (Å²) in [7, 11) is 0. The second kappa shape index (κ2) is 7.55. The molecule has 0 aliphatic carbocycles. The van der Waals surface area contributed by atoms with Gasteiger partial charge in [0, 0.05) is 19.3 Å². The molecule has 138 valence electrons. The Kier molecular flexibility index (Phi) is 4.99. The molecular formula is C19H23N3O4. The molecule has 4 rings (SSSR count). The standard InChI is InChI=1S/C19H23N3O4/c23-18(17-12-25-14-21-17)22-7-4-19(5-8-22)9-16(26-13-19)11-24-10-15-3-1-2-6-20-15/h1-3,6,12,14,16H,4-5,7-11,13H2. The number of nitrogens with zero attached hydrogens (tertiary/aromatic N) is 3. The molecule has 1 amide bonds. The largest absolute Gasteiger partial charge is 0.451 e. The average molecular weight is 357 g/mol. The molecular weight excluding hydrogens is 334 g/mol. The van der Waals surface area contributed by atoms with Gasteiger partial charge in [0.25, 0.3) is 5.91 Å². The molecule has 2 saturated heterocycles. The Morgan fingerprint density at radius 2 is 2.19 bits per heavy atom. The summed E-state index contributed by atoms with van der Waals surface area (Å²) < 4.78 is 16.7. The molecule has 7 nitrogen and oxygen atoms in total. The number of piperidine rings is 1. The minimum Gasteiger partial charge on any atom is -0.451 e. The minimum absolute atomic E-state index is 0.0530. The van der Waals surface area contributed by atoms with E-state index in [1.54, 1.807) is 6.20 Å². The van der Waals surface area contributed by atoms with Gasteiger partial charge in [-0.15, -0.1) is 0 Å². The molecule has 2 aliphatic rings. The molecule has 2 fully saturated rings.